The van der Waals surface area contributed by atoms with Crippen molar-refractivity contribution in [2.45, 2.75) is 45.1 Å². The smallest absolute Gasteiger partial charge is 0.00414 e. The lowest BCUT2D eigenvalue weighted by Crippen LogP contribution is -2.28. The van der Waals surface area contributed by atoms with Crippen LogP contribution in [0, 0.1) is 5.92 Å². The zero-order valence-electron chi connectivity index (χ0n) is 8.09. The second-order valence-corrected chi connectivity index (χ2v) is 5.17. The summed E-state index contributed by atoms with van der Waals surface area (Å²) in [6.07, 6.45) is 6.73. The summed E-state index contributed by atoms with van der Waals surface area (Å²) in [6.45, 7) is 2.23. The van der Waals surface area contributed by atoms with Crippen molar-refractivity contribution in [2.24, 2.45) is 11.7 Å². The molecule has 1 aliphatic rings. The van der Waals surface area contributed by atoms with Crippen LogP contribution in [0.1, 0.15) is 39.0 Å². The van der Waals surface area contributed by atoms with E-state index in [1.165, 1.54) is 43.6 Å². The Morgan fingerprint density at radius 2 is 2.25 bits per heavy atom. The first kappa shape index (κ1) is 10.4. The Hall–Kier alpha value is 0.310. The summed E-state index contributed by atoms with van der Waals surface area (Å²) < 4.78 is 0. The second-order valence-electron chi connectivity index (χ2n) is 3.78. The minimum Gasteiger partial charge on any atom is -0.328 e. The second kappa shape index (κ2) is 5.87. The molecule has 2 N–H and O–H groups in total. The van der Waals surface area contributed by atoms with E-state index in [0.717, 1.165) is 5.92 Å². The number of rotatable bonds is 4. The SMILES string of the molecule is CCSCCC1CCCC(N)C1. The molecule has 0 heterocycles. The first-order chi connectivity index (χ1) is 5.83. The zero-order chi connectivity index (χ0) is 8.81. The third-order valence-corrected chi connectivity index (χ3v) is 3.63. The van der Waals surface area contributed by atoms with Crippen LogP contribution in [0.4, 0.5) is 0 Å². The molecule has 0 aromatic carbocycles. The molecule has 12 heavy (non-hydrogen) atoms. The highest BCUT2D eigenvalue weighted by molar-refractivity contribution is 7.99. The van der Waals surface area contributed by atoms with Crippen molar-refractivity contribution in [2.75, 3.05) is 11.5 Å². The first-order valence-corrected chi connectivity index (χ1v) is 6.31. The van der Waals surface area contributed by atoms with Crippen molar-refractivity contribution in [3.63, 3.8) is 0 Å². The van der Waals surface area contributed by atoms with Gasteiger partial charge in [0.05, 0.1) is 0 Å². The molecule has 1 fully saturated rings. The predicted molar refractivity (Wildman–Crippen MR) is 57.5 cm³/mol. The Morgan fingerprint density at radius 1 is 1.42 bits per heavy atom. The molecule has 1 aliphatic carbocycles. The van der Waals surface area contributed by atoms with Crippen molar-refractivity contribution in [3.05, 3.63) is 0 Å². The largest absolute Gasteiger partial charge is 0.328 e. The van der Waals surface area contributed by atoms with Gasteiger partial charge in [-0.05, 0) is 36.7 Å². The van der Waals surface area contributed by atoms with Crippen LogP contribution < -0.4 is 5.73 Å². The standard InChI is InChI=1S/C10H21NS/c1-2-12-7-6-9-4-3-5-10(11)8-9/h9-10H,2-8,11H2,1H3. The van der Waals surface area contributed by atoms with Crippen molar-refractivity contribution in [1.82, 2.24) is 0 Å². The van der Waals surface area contributed by atoms with Crippen LogP contribution in [0.2, 0.25) is 0 Å². The Bertz CT molecular complexity index is 116. The monoisotopic (exact) mass is 187 g/mol. The maximum absolute atomic E-state index is 5.92. The average molecular weight is 187 g/mol. The van der Waals surface area contributed by atoms with Gasteiger partial charge in [0.1, 0.15) is 0 Å². The Kier molecular flexibility index (Phi) is 5.08. The molecule has 72 valence electrons. The lowest BCUT2D eigenvalue weighted by atomic mass is 9.85. The molecule has 0 radical (unpaired) electrons. The quantitative estimate of drug-likeness (QED) is 0.685. The molecule has 0 amide bonds. The lowest BCUT2D eigenvalue weighted by Gasteiger charge is -2.26. The molecule has 0 aliphatic heterocycles. The van der Waals surface area contributed by atoms with Crippen molar-refractivity contribution in [3.8, 4) is 0 Å². The van der Waals surface area contributed by atoms with Crippen molar-refractivity contribution >= 4 is 11.8 Å². The van der Waals surface area contributed by atoms with Crippen LogP contribution in [0.3, 0.4) is 0 Å². The van der Waals surface area contributed by atoms with Gasteiger partial charge >= 0.3 is 0 Å². The van der Waals surface area contributed by atoms with E-state index >= 15 is 0 Å². The van der Waals surface area contributed by atoms with Gasteiger partial charge in [0.25, 0.3) is 0 Å². The molecular formula is C10H21NS. The van der Waals surface area contributed by atoms with Crippen molar-refractivity contribution in [1.29, 1.82) is 0 Å². The summed E-state index contributed by atoms with van der Waals surface area (Å²) in [6, 6.07) is 0.510. The van der Waals surface area contributed by atoms with Gasteiger partial charge in [0.15, 0.2) is 0 Å². The molecule has 0 aromatic rings. The molecule has 1 saturated carbocycles. The third kappa shape index (κ3) is 3.81. The molecule has 0 bridgehead atoms. The number of nitrogens with two attached hydrogens (primary N) is 1. The van der Waals surface area contributed by atoms with Gasteiger partial charge in [-0.25, -0.2) is 0 Å². The van der Waals surface area contributed by atoms with Gasteiger partial charge in [-0.15, -0.1) is 0 Å². The fourth-order valence-corrected chi connectivity index (χ4v) is 2.78. The predicted octanol–water partition coefficient (Wildman–Crippen LogP) is 2.65. The summed E-state index contributed by atoms with van der Waals surface area (Å²) in [7, 11) is 0. The van der Waals surface area contributed by atoms with Gasteiger partial charge in [-0.2, -0.15) is 11.8 Å². The third-order valence-electron chi connectivity index (χ3n) is 2.70. The topological polar surface area (TPSA) is 26.0 Å². The molecule has 1 rings (SSSR count). The van der Waals surface area contributed by atoms with Gasteiger partial charge in [-0.1, -0.05) is 19.8 Å². The summed E-state index contributed by atoms with van der Waals surface area (Å²) in [4.78, 5) is 0. The summed E-state index contributed by atoms with van der Waals surface area (Å²) in [5.74, 6) is 3.54. The molecule has 0 aromatic heterocycles. The lowest BCUT2D eigenvalue weighted by molar-refractivity contribution is 0.317. The number of hydrogen-bond donors (Lipinski definition) is 1. The summed E-state index contributed by atoms with van der Waals surface area (Å²) in [5.41, 5.74) is 5.92. The van der Waals surface area contributed by atoms with E-state index in [2.05, 4.69) is 18.7 Å². The molecular weight excluding hydrogens is 166 g/mol. The maximum Gasteiger partial charge on any atom is 0.00414 e. The normalized spacial score (nSPS) is 30.5. The maximum atomic E-state index is 5.92. The van der Waals surface area contributed by atoms with Crippen LogP contribution in [-0.2, 0) is 0 Å². The van der Waals surface area contributed by atoms with Gasteiger partial charge in [0.2, 0.25) is 0 Å². The molecule has 0 saturated heterocycles. The first-order valence-electron chi connectivity index (χ1n) is 5.16. The number of hydrogen-bond acceptors (Lipinski definition) is 2. The van der Waals surface area contributed by atoms with E-state index in [1.54, 1.807) is 0 Å². The molecule has 1 nitrogen and oxygen atoms in total. The van der Waals surface area contributed by atoms with Crippen LogP contribution in [0.5, 0.6) is 0 Å². The molecule has 2 heteroatoms. The zero-order valence-corrected chi connectivity index (χ0v) is 8.91. The molecule has 2 unspecified atom stereocenters. The highest BCUT2D eigenvalue weighted by Gasteiger charge is 2.18. The fourth-order valence-electron chi connectivity index (χ4n) is 1.99. The fraction of sp³-hybridized carbons (Fsp3) is 1.00. The summed E-state index contributed by atoms with van der Waals surface area (Å²) in [5, 5.41) is 0. The van der Waals surface area contributed by atoms with E-state index in [4.69, 9.17) is 5.73 Å². The average Bonchev–Trinajstić information content (AvgIpc) is 2.05. The van der Waals surface area contributed by atoms with E-state index in [1.807, 2.05) is 0 Å². The van der Waals surface area contributed by atoms with E-state index in [-0.39, 0.29) is 0 Å². The molecule has 2 atom stereocenters. The van der Waals surface area contributed by atoms with E-state index in [0.29, 0.717) is 6.04 Å². The Morgan fingerprint density at radius 3 is 2.92 bits per heavy atom. The highest BCUT2D eigenvalue weighted by Crippen LogP contribution is 2.26. The van der Waals surface area contributed by atoms with Crippen LogP contribution in [-0.4, -0.2) is 17.5 Å². The van der Waals surface area contributed by atoms with Crippen LogP contribution in [0.25, 0.3) is 0 Å². The highest BCUT2D eigenvalue weighted by atomic mass is 32.2. The Labute approximate surface area is 80.5 Å². The van der Waals surface area contributed by atoms with Gasteiger partial charge in [0, 0.05) is 6.04 Å². The van der Waals surface area contributed by atoms with Gasteiger partial charge in [-0.3, -0.25) is 0 Å². The van der Waals surface area contributed by atoms with E-state index < -0.39 is 0 Å². The minimum absolute atomic E-state index is 0.510. The summed E-state index contributed by atoms with van der Waals surface area (Å²) >= 11 is 2.06. The van der Waals surface area contributed by atoms with Crippen LogP contribution >= 0.6 is 11.8 Å². The number of thioether (sulfide) groups is 1. The minimum atomic E-state index is 0.510. The van der Waals surface area contributed by atoms with Gasteiger partial charge < -0.3 is 5.73 Å². The molecule has 0 spiro atoms. The van der Waals surface area contributed by atoms with E-state index in [9.17, 15) is 0 Å². The van der Waals surface area contributed by atoms with Crippen molar-refractivity contribution < 1.29 is 0 Å². The Balaban J connectivity index is 2.06. The van der Waals surface area contributed by atoms with Crippen LogP contribution in [0.15, 0.2) is 0 Å².